The average Bonchev–Trinajstić information content (AvgIpc) is 3.06. The number of carbonyl (C=O) groups excluding carboxylic acids is 1. The minimum atomic E-state index is -0.598. The van der Waals surface area contributed by atoms with Gasteiger partial charge in [-0.3, -0.25) is 9.69 Å². The zero-order valence-corrected chi connectivity index (χ0v) is 14.1. The van der Waals surface area contributed by atoms with E-state index in [1.54, 1.807) is 0 Å². The van der Waals surface area contributed by atoms with Gasteiger partial charge in [0.25, 0.3) is 0 Å². The van der Waals surface area contributed by atoms with Crippen LogP contribution in [-0.2, 0) is 11.2 Å². The monoisotopic (exact) mass is 299 g/mol. The van der Waals surface area contributed by atoms with Crippen LogP contribution in [0, 0.1) is 12.8 Å². The molecule has 118 valence electrons. The number of benzene rings is 1. The van der Waals surface area contributed by atoms with Crippen molar-refractivity contribution in [3.05, 3.63) is 47.0 Å². The van der Waals surface area contributed by atoms with E-state index >= 15 is 0 Å². The van der Waals surface area contributed by atoms with Gasteiger partial charge in [0.2, 0.25) is 0 Å². The topological polar surface area (TPSA) is 29.5 Å². The maximum absolute atomic E-state index is 13.4. The summed E-state index contributed by atoms with van der Waals surface area (Å²) in [6, 6.07) is 6.09. The number of nitrogens with zero attached hydrogens (tertiary/aromatic N) is 1. The van der Waals surface area contributed by atoms with Crippen molar-refractivity contribution in [3.63, 3.8) is 0 Å². The number of aryl methyl sites for hydroxylation is 2. The van der Waals surface area contributed by atoms with Gasteiger partial charge in [-0.05, 0) is 44.6 Å². The average molecular weight is 299 g/mol. The number of likely N-dealkylation sites (N-methyl/N-ethyl adjacent to an activating group) is 1. The molecule has 1 aromatic rings. The number of ether oxygens (including phenoxy) is 1. The van der Waals surface area contributed by atoms with Gasteiger partial charge >= 0.3 is 0 Å². The third kappa shape index (κ3) is 1.92. The van der Waals surface area contributed by atoms with Gasteiger partial charge in [-0.1, -0.05) is 38.1 Å². The van der Waals surface area contributed by atoms with Crippen molar-refractivity contribution in [2.45, 2.75) is 44.9 Å². The Labute approximate surface area is 133 Å². The largest absolute Gasteiger partial charge is 0.364 e. The molecular weight excluding hydrogens is 274 g/mol. The van der Waals surface area contributed by atoms with Crippen LogP contribution in [0.25, 0.3) is 0 Å². The zero-order chi connectivity index (χ0) is 16.1. The molecule has 2 aliphatic rings. The highest BCUT2D eigenvalue weighted by atomic mass is 16.5. The molecule has 2 heterocycles. The molecule has 1 fully saturated rings. The molecule has 2 bridgehead atoms. The van der Waals surface area contributed by atoms with Crippen molar-refractivity contribution in [3.8, 4) is 0 Å². The molecule has 3 rings (SSSR count). The first-order chi connectivity index (χ1) is 10.4. The Hall–Kier alpha value is -1.45. The van der Waals surface area contributed by atoms with Crippen LogP contribution in [0.1, 0.15) is 35.3 Å². The van der Waals surface area contributed by atoms with Crippen LogP contribution in [0.5, 0.6) is 0 Å². The van der Waals surface area contributed by atoms with Crippen LogP contribution < -0.4 is 0 Å². The third-order valence-electron chi connectivity index (χ3n) is 5.49. The van der Waals surface area contributed by atoms with Crippen LogP contribution in [0.2, 0.25) is 0 Å². The fourth-order valence-corrected chi connectivity index (χ4v) is 4.18. The Morgan fingerprint density at radius 1 is 1.32 bits per heavy atom. The number of carbonyl (C=O) groups is 1. The fourth-order valence-electron chi connectivity index (χ4n) is 4.18. The molecule has 4 unspecified atom stereocenters. The first-order valence-electron chi connectivity index (χ1n) is 8.08. The molecule has 2 aliphatic heterocycles. The van der Waals surface area contributed by atoms with Gasteiger partial charge in [0.1, 0.15) is 11.6 Å². The van der Waals surface area contributed by atoms with Crippen LogP contribution in [0.3, 0.4) is 0 Å². The number of hydrogen-bond donors (Lipinski definition) is 0. The molecule has 0 aromatic heterocycles. The molecule has 3 nitrogen and oxygen atoms in total. The molecule has 0 spiro atoms. The minimum absolute atomic E-state index is 0.0485. The second kappa shape index (κ2) is 5.32. The molecule has 0 amide bonds. The molecule has 0 N–H and O–H groups in total. The van der Waals surface area contributed by atoms with Gasteiger partial charge in [-0.15, -0.1) is 0 Å². The molecule has 4 atom stereocenters. The van der Waals surface area contributed by atoms with E-state index in [0.29, 0.717) is 0 Å². The van der Waals surface area contributed by atoms with Crippen LogP contribution in [0.15, 0.2) is 30.4 Å². The van der Waals surface area contributed by atoms with Gasteiger partial charge in [-0.2, -0.15) is 0 Å². The van der Waals surface area contributed by atoms with E-state index < -0.39 is 5.54 Å². The van der Waals surface area contributed by atoms with E-state index in [4.69, 9.17) is 4.74 Å². The van der Waals surface area contributed by atoms with Crippen LogP contribution >= 0.6 is 0 Å². The smallest absolute Gasteiger partial charge is 0.186 e. The SMILES string of the molecule is CCc1ccc(C(=O)C2(N(C)C)C3C=CC(O3)C2C)cc1C. The molecule has 0 saturated carbocycles. The Kier molecular flexibility index (Phi) is 3.74. The number of ketones is 1. The molecule has 0 radical (unpaired) electrons. The van der Waals surface area contributed by atoms with Crippen molar-refractivity contribution in [1.82, 2.24) is 4.90 Å². The maximum Gasteiger partial charge on any atom is 0.186 e. The van der Waals surface area contributed by atoms with Crippen LogP contribution in [0.4, 0.5) is 0 Å². The number of fused-ring (bicyclic) bond motifs is 2. The van der Waals surface area contributed by atoms with Gasteiger partial charge in [-0.25, -0.2) is 0 Å². The summed E-state index contributed by atoms with van der Waals surface area (Å²) in [5, 5.41) is 0. The standard InChI is InChI=1S/C19H25NO2/c1-6-14-7-8-15(11-12(14)2)18(21)19(20(4)5)13(3)16-9-10-17(19)22-16/h7-11,13,16-17H,6H2,1-5H3. The van der Waals surface area contributed by atoms with E-state index in [2.05, 4.69) is 43.9 Å². The van der Waals surface area contributed by atoms with E-state index in [0.717, 1.165) is 12.0 Å². The Bertz CT molecular complexity index is 634. The van der Waals surface area contributed by atoms with E-state index in [-0.39, 0.29) is 23.9 Å². The number of rotatable bonds is 4. The molecule has 0 aliphatic carbocycles. The lowest BCUT2D eigenvalue weighted by Gasteiger charge is -2.42. The second-order valence-corrected chi connectivity index (χ2v) is 6.74. The maximum atomic E-state index is 13.4. The third-order valence-corrected chi connectivity index (χ3v) is 5.49. The zero-order valence-electron chi connectivity index (χ0n) is 14.1. The summed E-state index contributed by atoms with van der Waals surface area (Å²) in [5.74, 6) is 0.323. The summed E-state index contributed by atoms with van der Waals surface area (Å²) >= 11 is 0. The Balaban J connectivity index is 2.05. The van der Waals surface area contributed by atoms with Crippen molar-refractivity contribution in [1.29, 1.82) is 0 Å². The highest BCUT2D eigenvalue weighted by Gasteiger charge is 2.61. The first kappa shape index (κ1) is 15.4. The first-order valence-corrected chi connectivity index (χ1v) is 8.08. The van der Waals surface area contributed by atoms with Crippen molar-refractivity contribution in [2.24, 2.45) is 5.92 Å². The van der Waals surface area contributed by atoms with Crippen molar-refractivity contribution in [2.75, 3.05) is 14.1 Å². The summed E-state index contributed by atoms with van der Waals surface area (Å²) in [5.41, 5.74) is 2.68. The lowest BCUT2D eigenvalue weighted by atomic mass is 9.71. The quantitative estimate of drug-likeness (QED) is 0.632. The molecule has 3 heteroatoms. The normalized spacial score (nSPS) is 32.9. The molecular formula is C19H25NO2. The van der Waals surface area contributed by atoms with Gasteiger partial charge < -0.3 is 4.74 Å². The minimum Gasteiger partial charge on any atom is -0.364 e. The molecule has 1 saturated heterocycles. The van der Waals surface area contributed by atoms with E-state index in [1.807, 2.05) is 26.2 Å². The van der Waals surface area contributed by atoms with Crippen molar-refractivity contribution < 1.29 is 9.53 Å². The fraction of sp³-hybridized carbons (Fsp3) is 0.526. The van der Waals surface area contributed by atoms with E-state index in [9.17, 15) is 4.79 Å². The second-order valence-electron chi connectivity index (χ2n) is 6.74. The summed E-state index contributed by atoms with van der Waals surface area (Å²) in [6.07, 6.45) is 5.03. The van der Waals surface area contributed by atoms with Gasteiger partial charge in [0.15, 0.2) is 5.78 Å². The van der Waals surface area contributed by atoms with Crippen LogP contribution in [-0.4, -0.2) is 42.5 Å². The highest BCUT2D eigenvalue weighted by Crippen LogP contribution is 2.46. The predicted molar refractivity (Wildman–Crippen MR) is 88.3 cm³/mol. The van der Waals surface area contributed by atoms with Gasteiger partial charge in [0.05, 0.1) is 6.10 Å². The Morgan fingerprint density at radius 3 is 2.55 bits per heavy atom. The molecule has 22 heavy (non-hydrogen) atoms. The number of hydrogen-bond acceptors (Lipinski definition) is 3. The summed E-state index contributed by atoms with van der Waals surface area (Å²) < 4.78 is 6.01. The summed E-state index contributed by atoms with van der Waals surface area (Å²) in [7, 11) is 3.97. The number of Topliss-reactive ketones (excluding diaryl/α,β-unsaturated/α-hetero) is 1. The molecule has 1 aromatic carbocycles. The van der Waals surface area contributed by atoms with Crippen molar-refractivity contribution >= 4 is 5.78 Å². The predicted octanol–water partition coefficient (Wildman–Crippen LogP) is 3.01. The highest BCUT2D eigenvalue weighted by molar-refractivity contribution is 6.05. The Morgan fingerprint density at radius 2 is 2.05 bits per heavy atom. The van der Waals surface area contributed by atoms with Gasteiger partial charge in [0, 0.05) is 11.5 Å². The lowest BCUT2D eigenvalue weighted by Crippen LogP contribution is -2.61. The van der Waals surface area contributed by atoms with E-state index in [1.165, 1.54) is 11.1 Å². The summed E-state index contributed by atoms with van der Waals surface area (Å²) in [4.78, 5) is 15.5. The summed E-state index contributed by atoms with van der Waals surface area (Å²) in [6.45, 7) is 6.35. The lowest BCUT2D eigenvalue weighted by molar-refractivity contribution is 0.0385.